The molecule has 4 aromatic rings. The van der Waals surface area contributed by atoms with Crippen molar-refractivity contribution in [2.24, 2.45) is 0 Å². The second-order valence-corrected chi connectivity index (χ2v) is 8.17. The van der Waals surface area contributed by atoms with E-state index in [-0.39, 0.29) is 0 Å². The largest absolute Gasteiger partial charge is 0.353 e. The van der Waals surface area contributed by atoms with Gasteiger partial charge in [-0.05, 0) is 17.2 Å². The van der Waals surface area contributed by atoms with Crippen LogP contribution in [0.4, 0.5) is 5.82 Å². The van der Waals surface area contributed by atoms with Gasteiger partial charge in [0.25, 0.3) is 0 Å². The third-order valence-corrected chi connectivity index (χ3v) is 6.38. The molecule has 1 aliphatic rings. The van der Waals surface area contributed by atoms with Gasteiger partial charge in [-0.15, -0.1) is 11.3 Å². The Morgan fingerprint density at radius 3 is 2.29 bits per heavy atom. The number of fused-ring (bicyclic) bond motifs is 1. The van der Waals surface area contributed by atoms with E-state index in [1.54, 1.807) is 17.7 Å². The molecular weight excluding hydrogens is 364 g/mol. The predicted molar refractivity (Wildman–Crippen MR) is 117 cm³/mol. The quantitative estimate of drug-likeness (QED) is 0.510. The Kier molecular flexibility index (Phi) is 4.77. The zero-order chi connectivity index (χ0) is 18.8. The van der Waals surface area contributed by atoms with Gasteiger partial charge in [-0.2, -0.15) is 0 Å². The molecule has 1 aliphatic heterocycles. The maximum absolute atomic E-state index is 4.65. The molecule has 2 aromatic heterocycles. The molecule has 5 rings (SSSR count). The van der Waals surface area contributed by atoms with Crippen molar-refractivity contribution in [2.75, 3.05) is 31.1 Å². The van der Waals surface area contributed by atoms with Crippen molar-refractivity contribution >= 4 is 27.4 Å². The average molecular weight is 387 g/mol. The fourth-order valence-corrected chi connectivity index (χ4v) is 4.80. The number of piperazine rings is 1. The lowest BCUT2D eigenvalue weighted by atomic mass is 10.1. The molecule has 2 aromatic carbocycles. The van der Waals surface area contributed by atoms with Gasteiger partial charge in [0.1, 0.15) is 17.0 Å². The van der Waals surface area contributed by atoms with Gasteiger partial charge in [-0.3, -0.25) is 4.90 Å². The van der Waals surface area contributed by atoms with Crippen LogP contribution in [-0.4, -0.2) is 41.0 Å². The summed E-state index contributed by atoms with van der Waals surface area (Å²) in [5.41, 5.74) is 2.62. The van der Waals surface area contributed by atoms with Crippen molar-refractivity contribution in [2.45, 2.75) is 6.54 Å². The maximum atomic E-state index is 4.65. The molecule has 0 spiro atoms. The minimum Gasteiger partial charge on any atom is -0.353 e. The van der Waals surface area contributed by atoms with Gasteiger partial charge in [0.05, 0.1) is 5.39 Å². The summed E-state index contributed by atoms with van der Waals surface area (Å²) in [5, 5.41) is 1.17. The number of hydrogen-bond donors (Lipinski definition) is 0. The molecule has 0 amide bonds. The summed E-state index contributed by atoms with van der Waals surface area (Å²) in [6, 6.07) is 23.5. The molecule has 0 radical (unpaired) electrons. The summed E-state index contributed by atoms with van der Waals surface area (Å²) in [5.74, 6) is 1.07. The van der Waals surface area contributed by atoms with Gasteiger partial charge in [0.2, 0.25) is 0 Å². The number of benzene rings is 2. The lowest BCUT2D eigenvalue weighted by molar-refractivity contribution is 0.249. The van der Waals surface area contributed by atoms with Gasteiger partial charge >= 0.3 is 0 Å². The van der Waals surface area contributed by atoms with Crippen molar-refractivity contribution in [3.05, 3.63) is 78.6 Å². The van der Waals surface area contributed by atoms with E-state index < -0.39 is 0 Å². The van der Waals surface area contributed by atoms with E-state index in [0.717, 1.165) is 43.4 Å². The third-order valence-electron chi connectivity index (χ3n) is 5.29. The Morgan fingerprint density at radius 1 is 0.821 bits per heavy atom. The summed E-state index contributed by atoms with van der Waals surface area (Å²) in [6.07, 6.45) is 1.71. The molecule has 5 heteroatoms. The normalized spacial score (nSPS) is 15.2. The third kappa shape index (κ3) is 3.51. The summed E-state index contributed by atoms with van der Waals surface area (Å²) in [7, 11) is 0. The fraction of sp³-hybridized carbons (Fsp3) is 0.217. The molecular formula is C23H22N4S. The van der Waals surface area contributed by atoms with E-state index in [1.807, 2.05) is 0 Å². The Bertz CT molecular complexity index is 1050. The van der Waals surface area contributed by atoms with Crippen LogP contribution < -0.4 is 4.90 Å². The molecule has 0 atom stereocenters. The Morgan fingerprint density at radius 2 is 1.54 bits per heavy atom. The van der Waals surface area contributed by atoms with Crippen LogP contribution in [0.5, 0.6) is 0 Å². The lowest BCUT2D eigenvalue weighted by Gasteiger charge is -2.35. The monoisotopic (exact) mass is 386 g/mol. The molecule has 0 N–H and O–H groups in total. The first kappa shape index (κ1) is 17.3. The minimum absolute atomic E-state index is 0.995. The standard InChI is InChI=1S/C23H22N4S/c1-3-7-18(8-4-1)16-26-11-13-27(14-12-26)22-20-15-21(19-9-5-2-6-10-19)28-23(20)25-17-24-22/h1-10,15,17H,11-14,16H2. The highest BCUT2D eigenvalue weighted by atomic mass is 32.1. The van der Waals surface area contributed by atoms with Crippen LogP contribution in [0, 0.1) is 0 Å². The summed E-state index contributed by atoms with van der Waals surface area (Å²) in [4.78, 5) is 16.4. The van der Waals surface area contributed by atoms with Gasteiger partial charge in [-0.25, -0.2) is 9.97 Å². The topological polar surface area (TPSA) is 32.3 Å². The van der Waals surface area contributed by atoms with E-state index in [0.29, 0.717) is 0 Å². The molecule has 0 bridgehead atoms. The molecule has 1 fully saturated rings. The molecule has 0 aliphatic carbocycles. The Labute approximate surface area is 169 Å². The van der Waals surface area contributed by atoms with Crippen molar-refractivity contribution in [3.63, 3.8) is 0 Å². The van der Waals surface area contributed by atoms with E-state index >= 15 is 0 Å². The first-order chi connectivity index (χ1) is 13.9. The molecule has 28 heavy (non-hydrogen) atoms. The SMILES string of the molecule is c1ccc(CN2CCN(c3ncnc4sc(-c5ccccc5)cc34)CC2)cc1. The molecule has 3 heterocycles. The zero-order valence-corrected chi connectivity index (χ0v) is 16.5. The maximum Gasteiger partial charge on any atom is 0.140 e. The first-order valence-corrected chi connectivity index (χ1v) is 10.5. The first-order valence-electron chi connectivity index (χ1n) is 9.68. The lowest BCUT2D eigenvalue weighted by Crippen LogP contribution is -2.46. The van der Waals surface area contributed by atoms with Crippen molar-refractivity contribution in [1.82, 2.24) is 14.9 Å². The number of aromatic nitrogens is 2. The van der Waals surface area contributed by atoms with Crippen LogP contribution in [0.25, 0.3) is 20.7 Å². The van der Waals surface area contributed by atoms with Crippen LogP contribution in [0.1, 0.15) is 5.56 Å². The second kappa shape index (κ2) is 7.70. The zero-order valence-electron chi connectivity index (χ0n) is 15.7. The Balaban J connectivity index is 1.35. The van der Waals surface area contributed by atoms with Crippen LogP contribution in [0.15, 0.2) is 73.1 Å². The van der Waals surface area contributed by atoms with E-state index in [2.05, 4.69) is 86.5 Å². The molecule has 0 saturated carbocycles. The fourth-order valence-electron chi connectivity index (χ4n) is 3.80. The van der Waals surface area contributed by atoms with Gasteiger partial charge in [0.15, 0.2) is 0 Å². The summed E-state index contributed by atoms with van der Waals surface area (Å²) >= 11 is 1.74. The van der Waals surface area contributed by atoms with Crippen molar-refractivity contribution < 1.29 is 0 Å². The van der Waals surface area contributed by atoms with Gasteiger partial charge in [0, 0.05) is 37.6 Å². The Hall–Kier alpha value is -2.76. The highest BCUT2D eigenvalue weighted by molar-refractivity contribution is 7.21. The predicted octanol–water partition coefficient (Wildman–Crippen LogP) is 4.68. The highest BCUT2D eigenvalue weighted by Gasteiger charge is 2.21. The number of nitrogens with zero attached hydrogens (tertiary/aromatic N) is 4. The van der Waals surface area contributed by atoms with Crippen LogP contribution in [-0.2, 0) is 6.54 Å². The van der Waals surface area contributed by atoms with Crippen molar-refractivity contribution in [3.8, 4) is 10.4 Å². The second-order valence-electron chi connectivity index (χ2n) is 7.14. The summed E-state index contributed by atoms with van der Waals surface area (Å²) in [6.45, 7) is 5.11. The molecule has 0 unspecified atom stereocenters. The minimum atomic E-state index is 0.995. The molecule has 140 valence electrons. The van der Waals surface area contributed by atoms with Crippen LogP contribution >= 0.6 is 11.3 Å². The molecule has 4 nitrogen and oxygen atoms in total. The van der Waals surface area contributed by atoms with Gasteiger partial charge in [-0.1, -0.05) is 60.7 Å². The van der Waals surface area contributed by atoms with E-state index in [1.165, 1.54) is 21.4 Å². The highest BCUT2D eigenvalue weighted by Crippen LogP contribution is 2.36. The number of anilines is 1. The number of hydrogen-bond acceptors (Lipinski definition) is 5. The van der Waals surface area contributed by atoms with E-state index in [4.69, 9.17) is 0 Å². The van der Waals surface area contributed by atoms with Crippen molar-refractivity contribution in [1.29, 1.82) is 0 Å². The van der Waals surface area contributed by atoms with Gasteiger partial charge < -0.3 is 4.90 Å². The number of thiophene rings is 1. The molecule has 1 saturated heterocycles. The summed E-state index contributed by atoms with van der Waals surface area (Å²) < 4.78 is 0. The smallest absolute Gasteiger partial charge is 0.140 e. The van der Waals surface area contributed by atoms with E-state index in [9.17, 15) is 0 Å². The number of rotatable bonds is 4. The van der Waals surface area contributed by atoms with Crippen LogP contribution in [0.3, 0.4) is 0 Å². The average Bonchev–Trinajstić information content (AvgIpc) is 3.20. The van der Waals surface area contributed by atoms with Crippen LogP contribution in [0.2, 0.25) is 0 Å².